The molecule has 1 unspecified atom stereocenters. The van der Waals surface area contributed by atoms with Crippen LogP contribution in [0.2, 0.25) is 0 Å². The predicted molar refractivity (Wildman–Crippen MR) is 44.6 cm³/mol. The van der Waals surface area contributed by atoms with E-state index in [1.807, 2.05) is 0 Å². The topological polar surface area (TPSA) is 32.3 Å². The molecular weight excluding hydrogens is 140 g/mol. The molecule has 0 radical (unpaired) electrons. The van der Waals surface area contributed by atoms with Crippen molar-refractivity contribution in [2.24, 2.45) is 0 Å². The molecule has 0 aliphatic carbocycles. The van der Waals surface area contributed by atoms with Crippen LogP contribution < -0.4 is 5.32 Å². The van der Waals surface area contributed by atoms with Crippen LogP contribution in [0.4, 0.5) is 0 Å². The van der Waals surface area contributed by atoms with E-state index in [-0.39, 0.29) is 0 Å². The molecule has 3 nitrogen and oxygen atoms in total. The average molecular weight is 156 g/mol. The molecule has 0 spiro atoms. The summed E-state index contributed by atoms with van der Waals surface area (Å²) in [6.07, 6.45) is 2.14. The van der Waals surface area contributed by atoms with Crippen molar-refractivity contribution in [3.63, 3.8) is 0 Å². The molecule has 0 aromatic rings. The maximum Gasteiger partial charge on any atom is 0.133 e. The van der Waals surface area contributed by atoms with Gasteiger partial charge in [0.15, 0.2) is 0 Å². The third kappa shape index (κ3) is 2.99. The predicted octanol–water partition coefficient (Wildman–Crippen LogP) is -0.131. The summed E-state index contributed by atoms with van der Waals surface area (Å²) in [5, 5.41) is 3.38. The number of hydrogen-bond donors (Lipinski definition) is 1. The standard InChI is InChI=1S/C8H16N2O/c1-8-7-10(5-6-11)4-2-3-9-8/h6,8-9H,2-5,7H2,1H3. The molecule has 3 heteroatoms. The van der Waals surface area contributed by atoms with Gasteiger partial charge in [-0.25, -0.2) is 0 Å². The monoisotopic (exact) mass is 156 g/mol. The molecule has 11 heavy (non-hydrogen) atoms. The van der Waals surface area contributed by atoms with E-state index in [9.17, 15) is 4.79 Å². The third-order valence-electron chi connectivity index (χ3n) is 2.01. The smallest absolute Gasteiger partial charge is 0.133 e. The Morgan fingerprint density at radius 2 is 2.55 bits per heavy atom. The highest BCUT2D eigenvalue weighted by atomic mass is 16.1. The molecule has 1 aliphatic heterocycles. The zero-order valence-corrected chi connectivity index (χ0v) is 7.05. The zero-order valence-electron chi connectivity index (χ0n) is 7.05. The van der Waals surface area contributed by atoms with E-state index in [4.69, 9.17) is 0 Å². The van der Waals surface area contributed by atoms with Crippen molar-refractivity contribution in [2.45, 2.75) is 19.4 Å². The summed E-state index contributed by atoms with van der Waals surface area (Å²) in [4.78, 5) is 12.4. The first-order valence-electron chi connectivity index (χ1n) is 4.22. The maximum atomic E-state index is 10.2. The molecule has 1 N–H and O–H groups in total. The van der Waals surface area contributed by atoms with Crippen LogP contribution in [0, 0.1) is 0 Å². The van der Waals surface area contributed by atoms with E-state index in [0.29, 0.717) is 12.6 Å². The fraction of sp³-hybridized carbons (Fsp3) is 0.875. The molecule has 0 amide bonds. The maximum absolute atomic E-state index is 10.2. The molecule has 1 atom stereocenters. The number of carbonyl (C=O) groups excluding carboxylic acids is 1. The van der Waals surface area contributed by atoms with Gasteiger partial charge in [0, 0.05) is 12.6 Å². The first-order valence-corrected chi connectivity index (χ1v) is 4.22. The minimum Gasteiger partial charge on any atom is -0.313 e. The van der Waals surface area contributed by atoms with Crippen molar-refractivity contribution in [1.29, 1.82) is 0 Å². The van der Waals surface area contributed by atoms with Gasteiger partial charge in [-0.2, -0.15) is 0 Å². The zero-order chi connectivity index (χ0) is 8.10. The fourth-order valence-corrected chi connectivity index (χ4v) is 1.47. The van der Waals surface area contributed by atoms with Crippen LogP contribution in [-0.4, -0.2) is 43.4 Å². The van der Waals surface area contributed by atoms with Crippen molar-refractivity contribution in [3.8, 4) is 0 Å². The summed E-state index contributed by atoms with van der Waals surface area (Å²) >= 11 is 0. The Morgan fingerprint density at radius 3 is 3.27 bits per heavy atom. The van der Waals surface area contributed by atoms with Crippen molar-refractivity contribution < 1.29 is 4.79 Å². The quantitative estimate of drug-likeness (QED) is 0.565. The van der Waals surface area contributed by atoms with Crippen LogP contribution in [0.3, 0.4) is 0 Å². The Labute approximate surface area is 67.8 Å². The minimum absolute atomic E-state index is 0.525. The summed E-state index contributed by atoms with van der Waals surface area (Å²) in [7, 11) is 0. The highest BCUT2D eigenvalue weighted by Gasteiger charge is 2.12. The van der Waals surface area contributed by atoms with E-state index >= 15 is 0 Å². The van der Waals surface area contributed by atoms with Gasteiger partial charge < -0.3 is 10.1 Å². The Balaban J connectivity index is 2.32. The molecule has 1 rings (SSSR count). The summed E-state index contributed by atoms with van der Waals surface area (Å²) in [6.45, 7) is 5.88. The summed E-state index contributed by atoms with van der Waals surface area (Å²) in [5.74, 6) is 0. The molecule has 0 saturated carbocycles. The van der Waals surface area contributed by atoms with Gasteiger partial charge in [-0.15, -0.1) is 0 Å². The lowest BCUT2D eigenvalue weighted by molar-refractivity contribution is -0.108. The second-order valence-corrected chi connectivity index (χ2v) is 3.13. The summed E-state index contributed by atoms with van der Waals surface area (Å²) in [5.41, 5.74) is 0. The van der Waals surface area contributed by atoms with E-state index < -0.39 is 0 Å². The van der Waals surface area contributed by atoms with Gasteiger partial charge in [-0.3, -0.25) is 4.90 Å². The Kier molecular flexibility index (Phi) is 3.52. The molecular formula is C8H16N2O. The highest BCUT2D eigenvalue weighted by molar-refractivity contribution is 5.51. The summed E-state index contributed by atoms with van der Waals surface area (Å²) < 4.78 is 0. The van der Waals surface area contributed by atoms with Gasteiger partial charge in [0.25, 0.3) is 0 Å². The fourth-order valence-electron chi connectivity index (χ4n) is 1.47. The van der Waals surface area contributed by atoms with Gasteiger partial charge >= 0.3 is 0 Å². The van der Waals surface area contributed by atoms with E-state index in [0.717, 1.165) is 32.3 Å². The second kappa shape index (κ2) is 4.46. The van der Waals surface area contributed by atoms with Crippen molar-refractivity contribution >= 4 is 6.29 Å². The van der Waals surface area contributed by atoms with Crippen LogP contribution >= 0.6 is 0 Å². The number of nitrogens with zero attached hydrogens (tertiary/aromatic N) is 1. The second-order valence-electron chi connectivity index (χ2n) is 3.13. The molecule has 0 aromatic carbocycles. The number of aldehydes is 1. The Morgan fingerprint density at radius 1 is 1.73 bits per heavy atom. The SMILES string of the molecule is CC1CN(CC=O)CCCN1. The number of carbonyl (C=O) groups is 1. The Hall–Kier alpha value is -0.410. The van der Waals surface area contributed by atoms with Gasteiger partial charge in [-0.05, 0) is 26.4 Å². The first-order chi connectivity index (χ1) is 5.33. The van der Waals surface area contributed by atoms with Crippen LogP contribution in [0.25, 0.3) is 0 Å². The van der Waals surface area contributed by atoms with Crippen molar-refractivity contribution in [1.82, 2.24) is 10.2 Å². The molecule has 1 heterocycles. The highest BCUT2D eigenvalue weighted by Crippen LogP contribution is 1.97. The molecule has 1 saturated heterocycles. The minimum atomic E-state index is 0.525. The third-order valence-corrected chi connectivity index (χ3v) is 2.01. The summed E-state index contributed by atoms with van der Waals surface area (Å²) in [6, 6.07) is 0.525. The molecule has 0 bridgehead atoms. The molecule has 64 valence electrons. The lowest BCUT2D eigenvalue weighted by Crippen LogP contribution is -2.36. The van der Waals surface area contributed by atoms with E-state index in [1.54, 1.807) is 0 Å². The first kappa shape index (κ1) is 8.68. The lowest BCUT2D eigenvalue weighted by Gasteiger charge is -2.18. The van der Waals surface area contributed by atoms with Crippen LogP contribution in [0.1, 0.15) is 13.3 Å². The number of nitrogens with one attached hydrogen (secondary N) is 1. The van der Waals surface area contributed by atoms with Crippen LogP contribution in [0.5, 0.6) is 0 Å². The lowest BCUT2D eigenvalue weighted by atomic mass is 10.3. The average Bonchev–Trinajstić information content (AvgIpc) is 2.15. The molecule has 1 aliphatic rings. The number of rotatable bonds is 2. The van der Waals surface area contributed by atoms with Crippen LogP contribution in [0.15, 0.2) is 0 Å². The van der Waals surface area contributed by atoms with E-state index in [2.05, 4.69) is 17.1 Å². The van der Waals surface area contributed by atoms with E-state index in [1.165, 1.54) is 0 Å². The van der Waals surface area contributed by atoms with Gasteiger partial charge in [0.05, 0.1) is 6.54 Å². The van der Waals surface area contributed by atoms with Gasteiger partial charge in [-0.1, -0.05) is 0 Å². The van der Waals surface area contributed by atoms with Gasteiger partial charge in [0.2, 0.25) is 0 Å². The van der Waals surface area contributed by atoms with Gasteiger partial charge in [0.1, 0.15) is 6.29 Å². The normalized spacial score (nSPS) is 27.9. The van der Waals surface area contributed by atoms with Crippen LogP contribution in [-0.2, 0) is 4.79 Å². The van der Waals surface area contributed by atoms with Crippen molar-refractivity contribution in [3.05, 3.63) is 0 Å². The van der Waals surface area contributed by atoms with Crippen molar-refractivity contribution in [2.75, 3.05) is 26.2 Å². The number of hydrogen-bond acceptors (Lipinski definition) is 3. The Bertz CT molecular complexity index is 127. The molecule has 1 fully saturated rings. The largest absolute Gasteiger partial charge is 0.313 e. The molecule has 0 aromatic heterocycles.